The van der Waals surface area contributed by atoms with Crippen LogP contribution in [0.25, 0.3) is 17.4 Å². The van der Waals surface area contributed by atoms with Gasteiger partial charge in [0.05, 0.1) is 34.5 Å². The summed E-state index contributed by atoms with van der Waals surface area (Å²) >= 11 is 17.3. The highest BCUT2D eigenvalue weighted by Gasteiger charge is 2.36. The summed E-state index contributed by atoms with van der Waals surface area (Å²) in [6.45, 7) is 3.94. The zero-order chi connectivity index (χ0) is 29.3. The second-order valence-electron chi connectivity index (χ2n) is 9.13. The van der Waals surface area contributed by atoms with Crippen molar-refractivity contribution in [1.29, 1.82) is 0 Å². The van der Waals surface area contributed by atoms with Gasteiger partial charge in [0.2, 0.25) is 0 Å². The monoisotopic (exact) mass is 674 g/mol. The zero-order valence-corrected chi connectivity index (χ0v) is 26.3. The number of carbonyl (C=O) groups is 1. The van der Waals surface area contributed by atoms with Gasteiger partial charge in [-0.15, -0.1) is 0 Å². The molecule has 0 radical (unpaired) electrons. The number of hydrogen-bond donors (Lipinski definition) is 0. The maximum atomic E-state index is 14.0. The highest BCUT2D eigenvalue weighted by atomic mass is 79.9. The SMILES string of the molecule is CCCC1=C(C(=O)OCC)[C@H](c2cc(Br)ccc2OC)n2c(s/c(=C/c3ccc(-c4cc(Cl)ccc4Cl)o3)c2=O)=N1. The standard InChI is InChI=1S/C30H25BrCl2N2O5S/c1-4-6-22-26(29(37)39-5-2)27(20-13-16(31)7-11-23(20)38-3)35-28(36)25(41-30(35)34-22)15-18-9-12-24(40-18)19-14-17(32)8-10-21(19)33/h7-15,27H,4-6H2,1-3H3/b25-15+/t27-/m0/s1. The molecule has 41 heavy (non-hydrogen) atoms. The minimum atomic E-state index is -0.807. The lowest BCUT2D eigenvalue weighted by atomic mass is 9.93. The first-order chi connectivity index (χ1) is 19.7. The van der Waals surface area contributed by atoms with Gasteiger partial charge in [-0.05, 0) is 61.9 Å². The van der Waals surface area contributed by atoms with Gasteiger partial charge in [0.25, 0.3) is 5.56 Å². The minimum absolute atomic E-state index is 0.186. The molecular weight excluding hydrogens is 651 g/mol. The summed E-state index contributed by atoms with van der Waals surface area (Å²) in [7, 11) is 1.55. The Morgan fingerprint density at radius 3 is 2.71 bits per heavy atom. The highest BCUT2D eigenvalue weighted by molar-refractivity contribution is 9.10. The van der Waals surface area contributed by atoms with Gasteiger partial charge in [-0.25, -0.2) is 9.79 Å². The molecule has 11 heteroatoms. The summed E-state index contributed by atoms with van der Waals surface area (Å²) in [5.41, 5.74) is 1.86. The van der Waals surface area contributed by atoms with Gasteiger partial charge >= 0.3 is 5.97 Å². The lowest BCUT2D eigenvalue weighted by molar-refractivity contribution is -0.139. The molecule has 0 saturated carbocycles. The van der Waals surface area contributed by atoms with Crippen molar-refractivity contribution in [2.24, 2.45) is 4.99 Å². The van der Waals surface area contributed by atoms with E-state index in [2.05, 4.69) is 15.9 Å². The second-order valence-corrected chi connectivity index (χ2v) is 11.9. The molecule has 0 fully saturated rings. The molecule has 1 atom stereocenters. The van der Waals surface area contributed by atoms with Crippen LogP contribution in [0, 0.1) is 0 Å². The average molecular weight is 676 g/mol. The number of furan rings is 1. The molecule has 0 N–H and O–H groups in total. The van der Waals surface area contributed by atoms with Crippen LogP contribution in [0.15, 0.2) is 78.5 Å². The normalized spacial score (nSPS) is 15.1. The van der Waals surface area contributed by atoms with Crippen molar-refractivity contribution in [2.45, 2.75) is 32.7 Å². The van der Waals surface area contributed by atoms with Crippen molar-refractivity contribution >= 4 is 62.5 Å². The van der Waals surface area contributed by atoms with Crippen LogP contribution in [-0.4, -0.2) is 24.3 Å². The summed E-state index contributed by atoms with van der Waals surface area (Å²) in [6.07, 6.45) is 2.95. The average Bonchev–Trinajstić information content (AvgIpc) is 3.53. The van der Waals surface area contributed by atoms with E-state index in [1.54, 1.807) is 56.5 Å². The zero-order valence-electron chi connectivity index (χ0n) is 22.4. The lowest BCUT2D eigenvalue weighted by Crippen LogP contribution is -2.40. The fourth-order valence-electron chi connectivity index (χ4n) is 4.72. The van der Waals surface area contributed by atoms with Crippen molar-refractivity contribution in [1.82, 2.24) is 4.57 Å². The number of rotatable bonds is 8. The van der Waals surface area contributed by atoms with E-state index in [9.17, 15) is 9.59 Å². The molecule has 4 aromatic rings. The van der Waals surface area contributed by atoms with Crippen molar-refractivity contribution < 1.29 is 18.7 Å². The number of allylic oxidation sites excluding steroid dienone is 1. The fourth-order valence-corrected chi connectivity index (χ4v) is 6.49. The molecule has 1 aliphatic heterocycles. The third kappa shape index (κ3) is 5.81. The number of halogens is 3. The van der Waals surface area contributed by atoms with Gasteiger partial charge in [0.1, 0.15) is 23.3 Å². The first kappa shape index (κ1) is 29.4. The highest BCUT2D eigenvalue weighted by Crippen LogP contribution is 2.38. The first-order valence-electron chi connectivity index (χ1n) is 12.9. The third-order valence-electron chi connectivity index (χ3n) is 6.47. The number of hydrogen-bond acceptors (Lipinski definition) is 7. The quantitative estimate of drug-likeness (QED) is 0.190. The summed E-state index contributed by atoms with van der Waals surface area (Å²) in [4.78, 5) is 32.7. The van der Waals surface area contributed by atoms with Crippen LogP contribution in [-0.2, 0) is 9.53 Å². The van der Waals surface area contributed by atoms with E-state index in [1.807, 2.05) is 19.1 Å². The van der Waals surface area contributed by atoms with E-state index in [0.29, 0.717) is 65.5 Å². The number of fused-ring (bicyclic) bond motifs is 1. The van der Waals surface area contributed by atoms with Crippen molar-refractivity contribution in [3.05, 3.63) is 105 Å². The number of carbonyl (C=O) groups excluding carboxylic acids is 1. The molecule has 3 heterocycles. The Bertz CT molecular complexity index is 1860. The molecule has 5 rings (SSSR count). The Balaban J connectivity index is 1.72. The van der Waals surface area contributed by atoms with E-state index in [-0.39, 0.29) is 12.2 Å². The van der Waals surface area contributed by atoms with E-state index in [1.165, 1.54) is 15.9 Å². The summed E-state index contributed by atoms with van der Waals surface area (Å²) < 4.78 is 19.9. The van der Waals surface area contributed by atoms with Gasteiger partial charge < -0.3 is 13.9 Å². The van der Waals surface area contributed by atoms with Crippen LogP contribution >= 0.6 is 50.5 Å². The van der Waals surface area contributed by atoms with Crippen LogP contribution in [0.5, 0.6) is 5.75 Å². The van der Waals surface area contributed by atoms with E-state index in [4.69, 9.17) is 42.1 Å². The summed E-state index contributed by atoms with van der Waals surface area (Å²) in [5.74, 6) is 0.982. The Kier molecular flexibility index (Phi) is 8.89. The minimum Gasteiger partial charge on any atom is -0.496 e. The topological polar surface area (TPSA) is 83.0 Å². The maximum absolute atomic E-state index is 14.0. The molecule has 212 valence electrons. The van der Waals surface area contributed by atoms with Gasteiger partial charge in [-0.3, -0.25) is 9.36 Å². The molecule has 0 unspecified atom stereocenters. The van der Waals surface area contributed by atoms with Crippen molar-refractivity contribution in [3.63, 3.8) is 0 Å². The molecule has 2 aromatic heterocycles. The predicted octanol–water partition coefficient (Wildman–Crippen LogP) is 6.92. The number of aromatic nitrogens is 1. The maximum Gasteiger partial charge on any atom is 0.338 e. The molecule has 7 nitrogen and oxygen atoms in total. The smallest absolute Gasteiger partial charge is 0.338 e. The lowest BCUT2D eigenvalue weighted by Gasteiger charge is -2.27. The number of nitrogens with zero attached hydrogens (tertiary/aromatic N) is 2. The fraction of sp³-hybridized carbons (Fsp3) is 0.233. The van der Waals surface area contributed by atoms with Crippen LogP contribution in [0.3, 0.4) is 0 Å². The van der Waals surface area contributed by atoms with Gasteiger partial charge in [0.15, 0.2) is 4.80 Å². The van der Waals surface area contributed by atoms with Crippen molar-refractivity contribution in [3.8, 4) is 17.1 Å². The second kappa shape index (κ2) is 12.4. The van der Waals surface area contributed by atoms with E-state index in [0.717, 1.165) is 10.9 Å². The molecule has 0 bridgehead atoms. The van der Waals surface area contributed by atoms with Gasteiger partial charge in [-0.2, -0.15) is 0 Å². The van der Waals surface area contributed by atoms with E-state index < -0.39 is 12.0 Å². The number of thiazole rings is 1. The number of esters is 1. The van der Waals surface area contributed by atoms with Crippen LogP contribution < -0.4 is 19.6 Å². The summed E-state index contributed by atoms with van der Waals surface area (Å²) in [5, 5.41) is 1.02. The third-order valence-corrected chi connectivity index (χ3v) is 8.51. The molecule has 0 aliphatic carbocycles. The van der Waals surface area contributed by atoms with Crippen LogP contribution in [0.1, 0.15) is 44.1 Å². The molecule has 0 spiro atoms. The Labute approximate surface area is 258 Å². The molecule has 0 saturated heterocycles. The van der Waals surface area contributed by atoms with Gasteiger partial charge in [0, 0.05) is 26.7 Å². The number of benzene rings is 2. The van der Waals surface area contributed by atoms with Crippen LogP contribution in [0.2, 0.25) is 10.0 Å². The van der Waals surface area contributed by atoms with E-state index >= 15 is 0 Å². The predicted molar refractivity (Wildman–Crippen MR) is 164 cm³/mol. The van der Waals surface area contributed by atoms with Crippen LogP contribution in [0.4, 0.5) is 0 Å². The Morgan fingerprint density at radius 2 is 1.98 bits per heavy atom. The number of ether oxygens (including phenoxy) is 2. The molecule has 0 amide bonds. The number of methoxy groups -OCH3 is 1. The Morgan fingerprint density at radius 1 is 1.17 bits per heavy atom. The van der Waals surface area contributed by atoms with Crippen molar-refractivity contribution in [2.75, 3.05) is 13.7 Å². The first-order valence-corrected chi connectivity index (χ1v) is 15.2. The molecule has 1 aliphatic rings. The molecule has 2 aromatic carbocycles. The Hall–Kier alpha value is -3.11. The van der Waals surface area contributed by atoms with Gasteiger partial charge in [-0.1, -0.05) is 63.8 Å². The summed E-state index contributed by atoms with van der Waals surface area (Å²) in [6, 6.07) is 13.3. The molecular formula is C30H25BrCl2N2O5S. The largest absolute Gasteiger partial charge is 0.496 e.